The van der Waals surface area contributed by atoms with E-state index >= 15 is 0 Å². The molecule has 0 unspecified atom stereocenters. The molecule has 3 rings (SSSR count). The molecule has 0 saturated heterocycles. The van der Waals surface area contributed by atoms with Crippen LogP contribution in [0.25, 0.3) is 10.9 Å². The minimum Gasteiger partial charge on any atom is -0.399 e. The molecule has 0 bridgehead atoms. The van der Waals surface area contributed by atoms with Crippen molar-refractivity contribution in [3.8, 4) is 0 Å². The van der Waals surface area contributed by atoms with Crippen LogP contribution in [0.5, 0.6) is 0 Å². The lowest BCUT2D eigenvalue weighted by atomic mass is 10.2. The number of nitrogen functional groups attached to an aromatic ring is 1. The van der Waals surface area contributed by atoms with Crippen LogP contribution in [0.2, 0.25) is 0 Å². The molecule has 0 radical (unpaired) electrons. The van der Waals surface area contributed by atoms with Crippen molar-refractivity contribution in [3.63, 3.8) is 0 Å². The van der Waals surface area contributed by atoms with E-state index in [0.717, 1.165) is 22.3 Å². The molecule has 0 aliphatic carbocycles. The molecule has 0 amide bonds. The number of pyridine rings is 1. The summed E-state index contributed by atoms with van der Waals surface area (Å²) in [7, 11) is 0. The Bertz CT molecular complexity index is 697. The van der Waals surface area contributed by atoms with Gasteiger partial charge in [0.1, 0.15) is 12.1 Å². The van der Waals surface area contributed by atoms with Gasteiger partial charge in [-0.3, -0.25) is 4.98 Å². The van der Waals surface area contributed by atoms with E-state index in [1.807, 2.05) is 36.5 Å². The highest BCUT2D eigenvalue weighted by Gasteiger charge is 2.03. The van der Waals surface area contributed by atoms with Gasteiger partial charge in [0.25, 0.3) is 0 Å². The first-order chi connectivity index (χ1) is 9.33. The predicted octanol–water partition coefficient (Wildman–Crippen LogP) is 2.22. The third-order valence-corrected chi connectivity index (χ3v) is 2.84. The zero-order chi connectivity index (χ0) is 13.1. The van der Waals surface area contributed by atoms with Gasteiger partial charge in [-0.05, 0) is 29.8 Å². The van der Waals surface area contributed by atoms with Crippen LogP contribution in [0.4, 0.5) is 11.5 Å². The number of aromatic nitrogens is 3. The summed E-state index contributed by atoms with van der Waals surface area (Å²) < 4.78 is 0. The second-order valence-corrected chi connectivity index (χ2v) is 4.21. The van der Waals surface area contributed by atoms with Crippen LogP contribution >= 0.6 is 0 Å². The third-order valence-electron chi connectivity index (χ3n) is 2.84. The summed E-state index contributed by atoms with van der Waals surface area (Å²) in [5.41, 5.74) is 8.48. The van der Waals surface area contributed by atoms with Crippen molar-refractivity contribution in [2.24, 2.45) is 0 Å². The van der Waals surface area contributed by atoms with Crippen molar-refractivity contribution in [1.29, 1.82) is 0 Å². The van der Waals surface area contributed by atoms with Crippen LogP contribution in [-0.4, -0.2) is 15.0 Å². The van der Waals surface area contributed by atoms with Crippen LogP contribution < -0.4 is 11.1 Å². The van der Waals surface area contributed by atoms with Gasteiger partial charge in [-0.1, -0.05) is 6.07 Å². The molecule has 19 heavy (non-hydrogen) atoms. The predicted molar refractivity (Wildman–Crippen MR) is 75.5 cm³/mol. The van der Waals surface area contributed by atoms with Crippen LogP contribution in [0.15, 0.2) is 49.1 Å². The van der Waals surface area contributed by atoms with Crippen LogP contribution in [0.1, 0.15) is 5.56 Å². The van der Waals surface area contributed by atoms with Gasteiger partial charge in [0.2, 0.25) is 0 Å². The Morgan fingerprint density at radius 1 is 1.16 bits per heavy atom. The summed E-state index contributed by atoms with van der Waals surface area (Å²) in [6, 6.07) is 9.52. The second-order valence-electron chi connectivity index (χ2n) is 4.21. The molecule has 0 spiro atoms. The van der Waals surface area contributed by atoms with Crippen molar-refractivity contribution in [2.75, 3.05) is 11.1 Å². The van der Waals surface area contributed by atoms with Crippen molar-refractivity contribution in [3.05, 3.63) is 54.6 Å². The molecule has 0 fully saturated rings. The normalized spacial score (nSPS) is 10.5. The number of nitrogens with two attached hydrogens (primary N) is 1. The number of benzene rings is 1. The Morgan fingerprint density at radius 3 is 2.95 bits per heavy atom. The molecule has 2 aromatic heterocycles. The molecule has 0 aliphatic rings. The Morgan fingerprint density at radius 2 is 2.11 bits per heavy atom. The average molecular weight is 251 g/mol. The van der Waals surface area contributed by atoms with E-state index in [1.54, 1.807) is 12.5 Å². The second kappa shape index (κ2) is 4.89. The zero-order valence-electron chi connectivity index (χ0n) is 10.2. The highest BCUT2D eigenvalue weighted by atomic mass is 15.0. The molecule has 5 heteroatoms. The van der Waals surface area contributed by atoms with Crippen molar-refractivity contribution >= 4 is 22.4 Å². The lowest BCUT2D eigenvalue weighted by molar-refractivity contribution is 1.08. The Labute approximate surface area is 110 Å². The number of rotatable bonds is 3. The van der Waals surface area contributed by atoms with Crippen LogP contribution in [0, 0.1) is 0 Å². The Kier molecular flexibility index (Phi) is 2.94. The van der Waals surface area contributed by atoms with Gasteiger partial charge < -0.3 is 11.1 Å². The molecule has 3 aromatic rings. The van der Waals surface area contributed by atoms with Gasteiger partial charge in [0.15, 0.2) is 0 Å². The minimum atomic E-state index is 0.661. The molecular weight excluding hydrogens is 238 g/mol. The quantitative estimate of drug-likeness (QED) is 0.698. The third kappa shape index (κ3) is 2.44. The molecule has 5 nitrogen and oxygen atoms in total. The molecule has 94 valence electrons. The van der Waals surface area contributed by atoms with E-state index in [4.69, 9.17) is 5.73 Å². The molecule has 0 aliphatic heterocycles. The standard InChI is InChI=1S/C14H13N5/c15-11-3-4-13-12(6-11)14(19-9-18-13)17-8-10-2-1-5-16-7-10/h1-7,9H,8,15H2,(H,17,18,19). The molecule has 3 N–H and O–H groups in total. The first-order valence-corrected chi connectivity index (χ1v) is 5.96. The number of fused-ring (bicyclic) bond motifs is 1. The maximum atomic E-state index is 5.81. The van der Waals surface area contributed by atoms with E-state index in [2.05, 4.69) is 20.3 Å². The van der Waals surface area contributed by atoms with Gasteiger partial charge in [0.05, 0.1) is 5.52 Å². The van der Waals surface area contributed by atoms with Crippen molar-refractivity contribution < 1.29 is 0 Å². The maximum Gasteiger partial charge on any atom is 0.137 e. The van der Waals surface area contributed by atoms with Crippen molar-refractivity contribution in [1.82, 2.24) is 15.0 Å². The Hall–Kier alpha value is -2.69. The monoisotopic (exact) mass is 251 g/mol. The molecule has 2 heterocycles. The van der Waals surface area contributed by atoms with Crippen LogP contribution in [-0.2, 0) is 6.54 Å². The van der Waals surface area contributed by atoms with E-state index in [-0.39, 0.29) is 0 Å². The number of nitrogens with zero attached hydrogens (tertiary/aromatic N) is 3. The van der Waals surface area contributed by atoms with E-state index in [9.17, 15) is 0 Å². The highest BCUT2D eigenvalue weighted by molar-refractivity contribution is 5.91. The number of anilines is 2. The summed E-state index contributed by atoms with van der Waals surface area (Å²) >= 11 is 0. The van der Waals surface area contributed by atoms with Gasteiger partial charge in [-0.2, -0.15) is 0 Å². The molecule has 0 saturated carbocycles. The fourth-order valence-electron chi connectivity index (χ4n) is 1.90. The molecular formula is C14H13N5. The van der Waals surface area contributed by atoms with Gasteiger partial charge >= 0.3 is 0 Å². The maximum absolute atomic E-state index is 5.81. The van der Waals surface area contributed by atoms with Gasteiger partial charge in [-0.25, -0.2) is 9.97 Å². The SMILES string of the molecule is Nc1ccc2ncnc(NCc3cccnc3)c2c1. The fraction of sp³-hybridized carbons (Fsp3) is 0.0714. The minimum absolute atomic E-state index is 0.661. The summed E-state index contributed by atoms with van der Waals surface area (Å²) in [5.74, 6) is 0.779. The van der Waals surface area contributed by atoms with E-state index in [0.29, 0.717) is 12.2 Å². The van der Waals surface area contributed by atoms with Crippen molar-refractivity contribution in [2.45, 2.75) is 6.54 Å². The summed E-state index contributed by atoms with van der Waals surface area (Å²) in [4.78, 5) is 12.6. The number of hydrogen-bond acceptors (Lipinski definition) is 5. The lowest BCUT2D eigenvalue weighted by Crippen LogP contribution is -2.03. The summed E-state index contributed by atoms with van der Waals surface area (Å²) in [6.07, 6.45) is 5.12. The average Bonchev–Trinajstić information content (AvgIpc) is 2.46. The highest BCUT2D eigenvalue weighted by Crippen LogP contribution is 2.21. The smallest absolute Gasteiger partial charge is 0.137 e. The fourth-order valence-corrected chi connectivity index (χ4v) is 1.90. The topological polar surface area (TPSA) is 76.7 Å². The van der Waals surface area contributed by atoms with E-state index in [1.165, 1.54) is 0 Å². The number of hydrogen-bond donors (Lipinski definition) is 2. The largest absolute Gasteiger partial charge is 0.399 e. The first kappa shape index (κ1) is 11.4. The van der Waals surface area contributed by atoms with Crippen LogP contribution in [0.3, 0.4) is 0 Å². The van der Waals surface area contributed by atoms with Gasteiger partial charge in [0, 0.05) is 30.0 Å². The summed E-state index contributed by atoms with van der Waals surface area (Å²) in [6.45, 7) is 0.661. The molecule has 1 aromatic carbocycles. The zero-order valence-corrected chi connectivity index (χ0v) is 10.2. The van der Waals surface area contributed by atoms with E-state index < -0.39 is 0 Å². The first-order valence-electron chi connectivity index (χ1n) is 5.96. The lowest BCUT2D eigenvalue weighted by Gasteiger charge is -2.08. The Balaban J connectivity index is 1.90. The molecule has 0 atom stereocenters. The summed E-state index contributed by atoms with van der Waals surface area (Å²) in [5, 5.41) is 4.21. The van der Waals surface area contributed by atoms with Gasteiger partial charge in [-0.15, -0.1) is 0 Å². The number of nitrogens with one attached hydrogen (secondary N) is 1.